The van der Waals surface area contributed by atoms with E-state index in [9.17, 15) is 0 Å². The van der Waals surface area contributed by atoms with Gasteiger partial charge in [-0.05, 0) is 42.5 Å². The van der Waals surface area contributed by atoms with E-state index in [1.807, 2.05) is 6.07 Å². The monoisotopic (exact) mass is 273 g/mol. The molecule has 0 aliphatic carbocycles. The molecule has 0 heterocycles. The average Bonchev–Trinajstić information content (AvgIpc) is 2.46. The highest BCUT2D eigenvalue weighted by Crippen LogP contribution is 2.16. The first-order valence-corrected chi connectivity index (χ1v) is 6.17. The molecule has 0 saturated carbocycles. The lowest BCUT2D eigenvalue weighted by Crippen LogP contribution is -2.08. The fourth-order valence-corrected chi connectivity index (χ4v) is 1.63. The maximum absolute atomic E-state index is 8.76. The maximum Gasteiger partial charge on any atom is 0.122 e. The summed E-state index contributed by atoms with van der Waals surface area (Å²) in [5.41, 5.74) is 0.580. The van der Waals surface area contributed by atoms with Crippen LogP contribution in [0.15, 0.2) is 48.5 Å². The van der Waals surface area contributed by atoms with E-state index in [-0.39, 0.29) is 0 Å². The minimum Gasteiger partial charge on any atom is -0.490 e. The van der Waals surface area contributed by atoms with Crippen LogP contribution in [0.2, 0.25) is 5.02 Å². The predicted molar refractivity (Wildman–Crippen MR) is 73.6 cm³/mol. The van der Waals surface area contributed by atoms with Gasteiger partial charge in [0.25, 0.3) is 0 Å². The summed E-state index contributed by atoms with van der Waals surface area (Å²) in [7, 11) is 0. The molecule has 0 aliphatic heterocycles. The summed E-state index contributed by atoms with van der Waals surface area (Å²) < 4.78 is 11.0. The van der Waals surface area contributed by atoms with E-state index >= 15 is 0 Å². The smallest absolute Gasteiger partial charge is 0.122 e. The van der Waals surface area contributed by atoms with Crippen molar-refractivity contribution in [3.05, 3.63) is 59.1 Å². The molecule has 96 valence electrons. The summed E-state index contributed by atoms with van der Waals surface area (Å²) in [5, 5.41) is 9.44. The van der Waals surface area contributed by atoms with Crippen LogP contribution in [0.3, 0.4) is 0 Å². The summed E-state index contributed by atoms with van der Waals surface area (Å²) >= 11 is 5.77. The second-order valence-electron chi connectivity index (χ2n) is 3.79. The molecule has 0 fully saturated rings. The van der Waals surface area contributed by atoms with Gasteiger partial charge in [-0.15, -0.1) is 0 Å². The van der Waals surface area contributed by atoms with Crippen molar-refractivity contribution in [3.8, 4) is 17.6 Å². The Morgan fingerprint density at radius 3 is 2.32 bits per heavy atom. The van der Waals surface area contributed by atoms with Gasteiger partial charge in [0.2, 0.25) is 0 Å². The third kappa shape index (κ3) is 4.20. The first kappa shape index (κ1) is 13.3. The van der Waals surface area contributed by atoms with Crippen molar-refractivity contribution in [1.82, 2.24) is 0 Å². The number of nitriles is 1. The zero-order valence-corrected chi connectivity index (χ0v) is 10.9. The Morgan fingerprint density at radius 1 is 0.947 bits per heavy atom. The van der Waals surface area contributed by atoms with Crippen molar-refractivity contribution in [3.63, 3.8) is 0 Å². The zero-order chi connectivity index (χ0) is 13.5. The molecule has 0 N–H and O–H groups in total. The minimum absolute atomic E-state index is 0.414. The highest BCUT2D eigenvalue weighted by Gasteiger charge is 1.97. The maximum atomic E-state index is 8.76. The van der Waals surface area contributed by atoms with Crippen LogP contribution in [0.25, 0.3) is 0 Å². The van der Waals surface area contributed by atoms with Crippen LogP contribution in [0.5, 0.6) is 11.5 Å². The van der Waals surface area contributed by atoms with Crippen LogP contribution in [0.4, 0.5) is 0 Å². The van der Waals surface area contributed by atoms with Crippen LogP contribution in [-0.4, -0.2) is 13.2 Å². The van der Waals surface area contributed by atoms with Gasteiger partial charge in [-0.2, -0.15) is 5.26 Å². The molecule has 0 aliphatic rings. The SMILES string of the molecule is N#Cc1cccc(OCCOc2ccc(Cl)cc2)c1. The molecule has 0 radical (unpaired) electrons. The molecule has 0 spiro atoms. The van der Waals surface area contributed by atoms with Crippen LogP contribution in [0.1, 0.15) is 5.56 Å². The van der Waals surface area contributed by atoms with E-state index in [1.54, 1.807) is 42.5 Å². The molecule has 2 rings (SSSR count). The molecular formula is C15H12ClNO2. The fraction of sp³-hybridized carbons (Fsp3) is 0.133. The third-order valence-electron chi connectivity index (χ3n) is 2.40. The van der Waals surface area contributed by atoms with E-state index in [1.165, 1.54) is 0 Å². The fourth-order valence-electron chi connectivity index (χ4n) is 1.51. The summed E-state index contributed by atoms with van der Waals surface area (Å²) in [6.45, 7) is 0.843. The van der Waals surface area contributed by atoms with Gasteiger partial charge in [0.1, 0.15) is 24.7 Å². The molecule has 0 aromatic heterocycles. The molecule has 19 heavy (non-hydrogen) atoms. The number of nitrogens with zero attached hydrogens (tertiary/aromatic N) is 1. The Bertz CT molecular complexity index is 575. The summed E-state index contributed by atoms with van der Waals surface area (Å²) in [4.78, 5) is 0. The quantitative estimate of drug-likeness (QED) is 0.781. The molecule has 0 bridgehead atoms. The van der Waals surface area contributed by atoms with Gasteiger partial charge in [0.15, 0.2) is 0 Å². The van der Waals surface area contributed by atoms with Crippen LogP contribution >= 0.6 is 11.6 Å². The zero-order valence-electron chi connectivity index (χ0n) is 10.2. The molecule has 0 amide bonds. The summed E-state index contributed by atoms with van der Waals surface area (Å²) in [6.07, 6.45) is 0. The number of rotatable bonds is 5. The van der Waals surface area contributed by atoms with Gasteiger partial charge in [0.05, 0.1) is 11.6 Å². The van der Waals surface area contributed by atoms with Crippen LogP contribution in [-0.2, 0) is 0 Å². The molecule has 2 aromatic rings. The third-order valence-corrected chi connectivity index (χ3v) is 2.65. The standard InChI is InChI=1S/C15H12ClNO2/c16-13-4-6-14(7-5-13)18-8-9-19-15-3-1-2-12(10-15)11-17/h1-7,10H,8-9H2. The van der Waals surface area contributed by atoms with Gasteiger partial charge in [-0.25, -0.2) is 0 Å². The second-order valence-corrected chi connectivity index (χ2v) is 4.23. The van der Waals surface area contributed by atoms with Gasteiger partial charge in [-0.1, -0.05) is 17.7 Å². The second kappa shape index (κ2) is 6.67. The Kier molecular flexibility index (Phi) is 4.66. The lowest BCUT2D eigenvalue weighted by molar-refractivity contribution is 0.217. The molecule has 3 nitrogen and oxygen atoms in total. The largest absolute Gasteiger partial charge is 0.490 e. The van der Waals surface area contributed by atoms with Crippen molar-refractivity contribution in [2.45, 2.75) is 0 Å². The number of benzene rings is 2. The van der Waals surface area contributed by atoms with Crippen LogP contribution in [0, 0.1) is 11.3 Å². The van der Waals surface area contributed by atoms with Crippen LogP contribution < -0.4 is 9.47 Å². The average molecular weight is 274 g/mol. The summed E-state index contributed by atoms with van der Waals surface area (Å²) in [6, 6.07) is 16.2. The van der Waals surface area contributed by atoms with Gasteiger partial charge in [-0.3, -0.25) is 0 Å². The Hall–Kier alpha value is -2.18. The topological polar surface area (TPSA) is 42.2 Å². The summed E-state index contributed by atoms with van der Waals surface area (Å²) in [5.74, 6) is 1.41. The van der Waals surface area contributed by atoms with Crippen molar-refractivity contribution in [2.75, 3.05) is 13.2 Å². The van der Waals surface area contributed by atoms with Gasteiger partial charge in [0, 0.05) is 5.02 Å². The molecule has 0 unspecified atom stereocenters. The van der Waals surface area contributed by atoms with E-state index in [0.717, 1.165) is 5.75 Å². The normalized spacial score (nSPS) is 9.68. The highest BCUT2D eigenvalue weighted by atomic mass is 35.5. The van der Waals surface area contributed by atoms with E-state index in [0.29, 0.717) is 29.5 Å². The van der Waals surface area contributed by atoms with Gasteiger partial charge >= 0.3 is 0 Å². The molecule has 4 heteroatoms. The molecular weight excluding hydrogens is 262 g/mol. The van der Waals surface area contributed by atoms with Gasteiger partial charge < -0.3 is 9.47 Å². The lowest BCUT2D eigenvalue weighted by atomic mass is 10.2. The van der Waals surface area contributed by atoms with E-state index in [4.69, 9.17) is 26.3 Å². The molecule has 0 atom stereocenters. The lowest BCUT2D eigenvalue weighted by Gasteiger charge is -2.08. The highest BCUT2D eigenvalue weighted by molar-refractivity contribution is 6.30. The number of ether oxygens (including phenoxy) is 2. The Morgan fingerprint density at radius 2 is 1.63 bits per heavy atom. The number of hydrogen-bond donors (Lipinski definition) is 0. The number of hydrogen-bond acceptors (Lipinski definition) is 3. The van der Waals surface area contributed by atoms with Crippen molar-refractivity contribution >= 4 is 11.6 Å². The van der Waals surface area contributed by atoms with E-state index in [2.05, 4.69) is 6.07 Å². The number of halogens is 1. The first-order valence-electron chi connectivity index (χ1n) is 5.79. The first-order chi connectivity index (χ1) is 9.28. The van der Waals surface area contributed by atoms with Crippen molar-refractivity contribution in [2.24, 2.45) is 0 Å². The molecule has 2 aromatic carbocycles. The van der Waals surface area contributed by atoms with Crippen molar-refractivity contribution < 1.29 is 9.47 Å². The predicted octanol–water partition coefficient (Wildman–Crippen LogP) is 3.67. The Labute approximate surface area is 117 Å². The molecule has 0 saturated heterocycles. The van der Waals surface area contributed by atoms with Crippen molar-refractivity contribution in [1.29, 1.82) is 5.26 Å². The minimum atomic E-state index is 0.414. The Balaban J connectivity index is 1.77. The van der Waals surface area contributed by atoms with E-state index < -0.39 is 0 Å².